The standard InChI is InChI=1S/C23H30FN3O3/c1-14(2)10-19-21(28)25-17(12-23(3,4)5)13-27(19)22(29)18-11-20(30-26-18)15-6-8-16(24)9-7-15/h6-9,11,14,17,19H,10,12-13H2,1-5H3,(H,25,28)/t17-,19-/m0/s1. The van der Waals surface area contributed by atoms with Crippen LogP contribution in [0.2, 0.25) is 0 Å². The molecule has 6 nitrogen and oxygen atoms in total. The lowest BCUT2D eigenvalue weighted by molar-refractivity contribution is -0.130. The predicted octanol–water partition coefficient (Wildman–Crippen LogP) is 4.27. The first kappa shape index (κ1) is 22.0. The third-order valence-electron chi connectivity index (χ3n) is 5.11. The number of amides is 2. The summed E-state index contributed by atoms with van der Waals surface area (Å²) in [5.74, 6) is -0.171. The lowest BCUT2D eigenvalue weighted by Gasteiger charge is -2.41. The van der Waals surface area contributed by atoms with E-state index in [9.17, 15) is 14.0 Å². The van der Waals surface area contributed by atoms with Crippen LogP contribution in [-0.2, 0) is 4.79 Å². The Balaban J connectivity index is 1.85. The highest BCUT2D eigenvalue weighted by Gasteiger charge is 2.39. The van der Waals surface area contributed by atoms with Crippen LogP contribution in [0.1, 0.15) is 57.9 Å². The van der Waals surface area contributed by atoms with E-state index in [1.54, 1.807) is 23.1 Å². The van der Waals surface area contributed by atoms with Crippen LogP contribution in [0.3, 0.4) is 0 Å². The van der Waals surface area contributed by atoms with Gasteiger partial charge in [-0.05, 0) is 48.4 Å². The van der Waals surface area contributed by atoms with Crippen molar-refractivity contribution in [3.05, 3.63) is 41.8 Å². The van der Waals surface area contributed by atoms with Crippen LogP contribution in [0.15, 0.2) is 34.9 Å². The third-order valence-corrected chi connectivity index (χ3v) is 5.11. The van der Waals surface area contributed by atoms with Crippen LogP contribution in [0.4, 0.5) is 4.39 Å². The predicted molar refractivity (Wildman–Crippen MR) is 112 cm³/mol. The van der Waals surface area contributed by atoms with Crippen molar-refractivity contribution in [2.24, 2.45) is 11.3 Å². The van der Waals surface area contributed by atoms with Gasteiger partial charge in [0.05, 0.1) is 0 Å². The number of carbonyl (C=O) groups excluding carboxylic acids is 2. The number of nitrogens with one attached hydrogen (secondary N) is 1. The number of carbonyl (C=O) groups is 2. The van der Waals surface area contributed by atoms with Gasteiger partial charge in [0.15, 0.2) is 11.5 Å². The molecule has 0 radical (unpaired) electrons. The normalized spacial score (nSPS) is 19.8. The lowest BCUT2D eigenvalue weighted by Crippen LogP contribution is -2.62. The average Bonchev–Trinajstić information content (AvgIpc) is 3.12. The van der Waals surface area contributed by atoms with Gasteiger partial charge in [0.25, 0.3) is 5.91 Å². The summed E-state index contributed by atoms with van der Waals surface area (Å²) in [7, 11) is 0. The molecule has 1 fully saturated rings. The minimum Gasteiger partial charge on any atom is -0.355 e. The first-order valence-electron chi connectivity index (χ1n) is 10.4. The van der Waals surface area contributed by atoms with Crippen molar-refractivity contribution in [3.8, 4) is 11.3 Å². The first-order valence-corrected chi connectivity index (χ1v) is 10.4. The summed E-state index contributed by atoms with van der Waals surface area (Å²) in [5, 5.41) is 7.03. The molecule has 3 rings (SSSR count). The molecule has 2 amide bonds. The first-order chi connectivity index (χ1) is 14.0. The van der Waals surface area contributed by atoms with E-state index in [1.807, 2.05) is 13.8 Å². The van der Waals surface area contributed by atoms with Crippen molar-refractivity contribution < 1.29 is 18.5 Å². The second kappa shape index (κ2) is 8.58. The molecule has 2 aromatic rings. The molecule has 30 heavy (non-hydrogen) atoms. The number of rotatable bonds is 5. The van der Waals surface area contributed by atoms with Gasteiger partial charge in [-0.1, -0.05) is 39.8 Å². The SMILES string of the molecule is CC(C)C[C@H]1C(=O)N[C@@H](CC(C)(C)C)CN1C(=O)c1cc(-c2ccc(F)cc2)on1. The largest absolute Gasteiger partial charge is 0.355 e. The van der Waals surface area contributed by atoms with Gasteiger partial charge < -0.3 is 14.7 Å². The quantitative estimate of drug-likeness (QED) is 0.791. The molecule has 0 saturated carbocycles. The molecule has 0 unspecified atom stereocenters. The summed E-state index contributed by atoms with van der Waals surface area (Å²) in [6.45, 7) is 10.8. The van der Waals surface area contributed by atoms with Gasteiger partial charge in [-0.3, -0.25) is 9.59 Å². The van der Waals surface area contributed by atoms with Crippen LogP contribution in [0, 0.1) is 17.2 Å². The highest BCUT2D eigenvalue weighted by Crippen LogP contribution is 2.27. The Bertz CT molecular complexity index is 899. The van der Waals surface area contributed by atoms with E-state index in [4.69, 9.17) is 4.52 Å². The number of aromatic nitrogens is 1. The zero-order valence-electron chi connectivity index (χ0n) is 18.2. The van der Waals surface area contributed by atoms with Crippen LogP contribution in [0.25, 0.3) is 11.3 Å². The monoisotopic (exact) mass is 415 g/mol. The minimum absolute atomic E-state index is 0.0151. The van der Waals surface area contributed by atoms with Crippen molar-refractivity contribution in [1.29, 1.82) is 0 Å². The number of halogens is 1. The fraction of sp³-hybridized carbons (Fsp3) is 0.522. The highest BCUT2D eigenvalue weighted by molar-refractivity contribution is 5.97. The maximum atomic E-state index is 13.3. The Morgan fingerprint density at radius 1 is 1.30 bits per heavy atom. The Labute approximate surface area is 176 Å². The van der Waals surface area contributed by atoms with E-state index in [0.717, 1.165) is 6.42 Å². The van der Waals surface area contributed by atoms with Crippen LogP contribution in [0.5, 0.6) is 0 Å². The van der Waals surface area contributed by atoms with E-state index < -0.39 is 6.04 Å². The number of hydrogen-bond donors (Lipinski definition) is 1. The second-order valence-corrected chi connectivity index (χ2v) is 9.66. The molecule has 7 heteroatoms. The topological polar surface area (TPSA) is 75.4 Å². The van der Waals surface area contributed by atoms with E-state index in [-0.39, 0.29) is 40.7 Å². The summed E-state index contributed by atoms with van der Waals surface area (Å²) >= 11 is 0. The molecule has 162 valence electrons. The molecule has 1 aliphatic heterocycles. The van der Waals surface area contributed by atoms with Gasteiger partial charge in [0.1, 0.15) is 11.9 Å². The van der Waals surface area contributed by atoms with E-state index in [1.165, 1.54) is 12.1 Å². The van der Waals surface area contributed by atoms with Gasteiger partial charge in [-0.25, -0.2) is 4.39 Å². The fourth-order valence-corrected chi connectivity index (χ4v) is 3.88. The van der Waals surface area contributed by atoms with Gasteiger partial charge >= 0.3 is 0 Å². The average molecular weight is 416 g/mol. The lowest BCUT2D eigenvalue weighted by atomic mass is 9.86. The maximum absolute atomic E-state index is 13.3. The summed E-state index contributed by atoms with van der Waals surface area (Å²) < 4.78 is 18.5. The second-order valence-electron chi connectivity index (χ2n) is 9.66. The minimum atomic E-state index is -0.542. The van der Waals surface area contributed by atoms with Crippen LogP contribution >= 0.6 is 0 Å². The van der Waals surface area contributed by atoms with Gasteiger partial charge in [-0.2, -0.15) is 0 Å². The van der Waals surface area contributed by atoms with Crippen LogP contribution in [-0.4, -0.2) is 40.5 Å². The molecule has 2 heterocycles. The molecule has 2 atom stereocenters. The molecule has 0 aliphatic carbocycles. The summed E-state index contributed by atoms with van der Waals surface area (Å²) in [6.07, 6.45) is 1.33. The molecule has 1 saturated heterocycles. The van der Waals surface area contributed by atoms with Crippen molar-refractivity contribution in [2.45, 2.75) is 59.5 Å². The van der Waals surface area contributed by atoms with Gasteiger partial charge in [-0.15, -0.1) is 0 Å². The van der Waals surface area contributed by atoms with Gasteiger partial charge in [0.2, 0.25) is 5.91 Å². The van der Waals surface area contributed by atoms with E-state index in [0.29, 0.717) is 24.3 Å². The Morgan fingerprint density at radius 3 is 2.57 bits per heavy atom. The molecule has 1 aromatic carbocycles. The number of hydrogen-bond acceptors (Lipinski definition) is 4. The number of benzene rings is 1. The smallest absolute Gasteiger partial charge is 0.276 e. The summed E-state index contributed by atoms with van der Waals surface area (Å²) in [6, 6.07) is 6.67. The van der Waals surface area contributed by atoms with Gasteiger partial charge in [0, 0.05) is 24.2 Å². The molecule has 1 aromatic heterocycles. The molecular weight excluding hydrogens is 385 g/mol. The summed E-state index contributed by atoms with van der Waals surface area (Å²) in [4.78, 5) is 27.8. The Kier molecular flexibility index (Phi) is 6.29. The molecule has 0 spiro atoms. The molecule has 1 N–H and O–H groups in total. The van der Waals surface area contributed by atoms with Crippen LogP contribution < -0.4 is 5.32 Å². The Hall–Kier alpha value is -2.70. The number of piperazine rings is 1. The molecule has 1 aliphatic rings. The van der Waals surface area contributed by atoms with Crippen molar-refractivity contribution >= 4 is 11.8 Å². The number of nitrogens with zero attached hydrogens (tertiary/aromatic N) is 2. The zero-order chi connectivity index (χ0) is 22.1. The maximum Gasteiger partial charge on any atom is 0.276 e. The fourth-order valence-electron chi connectivity index (χ4n) is 3.88. The van der Waals surface area contributed by atoms with Crippen molar-refractivity contribution in [2.75, 3.05) is 6.54 Å². The van der Waals surface area contributed by atoms with Crippen molar-refractivity contribution in [1.82, 2.24) is 15.4 Å². The van der Waals surface area contributed by atoms with E-state index >= 15 is 0 Å². The van der Waals surface area contributed by atoms with E-state index in [2.05, 4.69) is 31.2 Å². The molecular formula is C23H30FN3O3. The summed E-state index contributed by atoms with van der Waals surface area (Å²) in [5.41, 5.74) is 0.789. The molecule has 0 bridgehead atoms. The third kappa shape index (κ3) is 5.26. The highest BCUT2D eigenvalue weighted by atomic mass is 19.1. The Morgan fingerprint density at radius 2 is 1.97 bits per heavy atom. The zero-order valence-corrected chi connectivity index (χ0v) is 18.2. The van der Waals surface area contributed by atoms with Crippen molar-refractivity contribution in [3.63, 3.8) is 0 Å².